The zero-order valence-corrected chi connectivity index (χ0v) is 16.3. The summed E-state index contributed by atoms with van der Waals surface area (Å²) in [6.45, 7) is 0. The number of hydrogen-bond acceptors (Lipinski definition) is 4. The van der Waals surface area contributed by atoms with E-state index in [4.69, 9.17) is 0 Å². The fourth-order valence-corrected chi connectivity index (χ4v) is 6.61. The van der Waals surface area contributed by atoms with E-state index in [0.717, 1.165) is 23.4 Å². The van der Waals surface area contributed by atoms with Gasteiger partial charge in [-0.05, 0) is 85.8 Å². The second kappa shape index (κ2) is 6.97. The van der Waals surface area contributed by atoms with E-state index in [9.17, 15) is 4.79 Å². The van der Waals surface area contributed by atoms with Crippen molar-refractivity contribution in [2.75, 3.05) is 11.1 Å². The van der Waals surface area contributed by atoms with E-state index >= 15 is 0 Å². The molecule has 6 rings (SSSR count). The van der Waals surface area contributed by atoms with Crippen LogP contribution in [0.4, 0.5) is 5.69 Å². The summed E-state index contributed by atoms with van der Waals surface area (Å²) in [5, 5.41) is 10.2. The van der Waals surface area contributed by atoms with Gasteiger partial charge < -0.3 is 5.32 Å². The number of carbonyl (C=O) groups is 1. The number of anilines is 1. The van der Waals surface area contributed by atoms with E-state index in [1.165, 1.54) is 68.6 Å². The lowest BCUT2D eigenvalue weighted by molar-refractivity contribution is -0.113. The third-order valence-electron chi connectivity index (χ3n) is 6.90. The third-order valence-corrected chi connectivity index (χ3v) is 7.78. The van der Waals surface area contributed by atoms with E-state index < -0.39 is 0 Å². The van der Waals surface area contributed by atoms with Crippen LogP contribution in [0.1, 0.15) is 53.4 Å². The molecule has 5 nitrogen and oxygen atoms in total. The molecule has 0 spiro atoms. The Morgan fingerprint density at radius 2 is 1.93 bits per heavy atom. The summed E-state index contributed by atoms with van der Waals surface area (Å²) in [6, 6.07) is 8.70. The van der Waals surface area contributed by atoms with Crippen molar-refractivity contribution in [1.82, 2.24) is 15.2 Å². The second-order valence-corrected chi connectivity index (χ2v) is 9.70. The number of nitrogens with zero attached hydrogens (tertiary/aromatic N) is 2. The molecule has 146 valence electrons. The van der Waals surface area contributed by atoms with Gasteiger partial charge in [-0.1, -0.05) is 23.9 Å². The summed E-state index contributed by atoms with van der Waals surface area (Å²) >= 11 is 1.36. The van der Waals surface area contributed by atoms with Gasteiger partial charge in [0.05, 0.1) is 5.75 Å². The number of aromatic nitrogens is 3. The highest BCUT2D eigenvalue weighted by Gasteiger charge is 2.48. The highest BCUT2D eigenvalue weighted by atomic mass is 32.2. The topological polar surface area (TPSA) is 70.7 Å². The van der Waals surface area contributed by atoms with E-state index in [-0.39, 0.29) is 8.76 Å². The number of nitrogens with one attached hydrogen (secondary N) is 2. The largest absolute Gasteiger partial charge is 0.325 e. The Kier molecular flexibility index (Phi) is 4.46. The molecule has 1 amide bonds. The van der Waals surface area contributed by atoms with E-state index in [0.29, 0.717) is 16.3 Å². The van der Waals surface area contributed by atoms with Crippen LogP contribution >= 0.6 is 11.8 Å². The molecule has 1 heterocycles. The lowest BCUT2D eigenvalue weighted by atomic mass is 9.59. The Hall–Kier alpha value is -1.82. The van der Waals surface area contributed by atoms with Gasteiger partial charge in [-0.3, -0.25) is 9.89 Å². The van der Waals surface area contributed by atoms with Crippen LogP contribution < -0.4 is 5.32 Å². The monoisotopic (exact) mass is 386 g/mol. The van der Waals surface area contributed by atoms with Gasteiger partial charge in [0.25, 0.3) is 0 Å². The quantitative estimate of drug-likeness (QED) is 0.718. The van der Waals surface area contributed by atoms with Gasteiger partial charge in [-0.25, -0.2) is 4.98 Å². The molecule has 4 bridgehead atoms. The normalized spacial score (nSPS) is 31.6. The van der Waals surface area contributed by atoms with Crippen molar-refractivity contribution in [3.8, 4) is 0 Å². The van der Waals surface area contributed by atoms with Gasteiger partial charge >= 0.3 is 0 Å². The van der Waals surface area contributed by atoms with Crippen molar-refractivity contribution >= 4 is 23.4 Å². The Morgan fingerprint density at radius 3 is 2.63 bits per heavy atom. The zero-order chi connectivity index (χ0) is 18.3. The first-order valence-corrected chi connectivity index (χ1v) is 11.1. The van der Waals surface area contributed by atoms with E-state index in [1.54, 1.807) is 0 Å². The number of H-pyrrole nitrogens is 1. The summed E-state index contributed by atoms with van der Waals surface area (Å²) in [4.78, 5) is 16.2. The first-order valence-electron chi connectivity index (χ1n) is 10.1. The van der Waals surface area contributed by atoms with Crippen molar-refractivity contribution in [2.24, 2.45) is 17.8 Å². The summed E-state index contributed by atoms with van der Waals surface area (Å²) in [6.07, 6.45) is 11.4. The van der Waals surface area contributed by atoms with Crippen LogP contribution in [0.25, 0.3) is 0 Å². The third kappa shape index (κ3) is 3.51. The first kappa shape index (κ1) is 17.3. The number of amides is 1. The highest BCUT2D eigenvalue weighted by Crippen LogP contribution is 2.57. The Balaban J connectivity index is 0.00000120. The average Bonchev–Trinajstić information content (AvgIpc) is 3.10. The van der Waals surface area contributed by atoms with Crippen LogP contribution in [-0.2, 0) is 10.2 Å². The molecule has 4 saturated carbocycles. The molecule has 1 aromatic carbocycles. The molecule has 2 atom stereocenters. The van der Waals surface area contributed by atoms with Gasteiger partial charge in [0.15, 0.2) is 5.16 Å². The number of rotatable bonds is 5. The average molecular weight is 387 g/mol. The minimum Gasteiger partial charge on any atom is -0.325 e. The Bertz CT molecular complexity index is 801. The van der Waals surface area contributed by atoms with Crippen LogP contribution in [0.2, 0.25) is 0 Å². The summed E-state index contributed by atoms with van der Waals surface area (Å²) in [5.74, 6) is 3.18. The minimum absolute atomic E-state index is 0. The smallest absolute Gasteiger partial charge is 0.234 e. The van der Waals surface area contributed by atoms with Crippen LogP contribution in [0.15, 0.2) is 35.7 Å². The van der Waals surface area contributed by atoms with Crippen LogP contribution in [0.5, 0.6) is 0 Å². The van der Waals surface area contributed by atoms with Crippen LogP contribution in [-0.4, -0.2) is 26.8 Å². The van der Waals surface area contributed by atoms with Crippen molar-refractivity contribution < 1.29 is 7.65 Å². The molecule has 2 unspecified atom stereocenters. The van der Waals surface area contributed by atoms with Crippen molar-refractivity contribution in [3.05, 3.63) is 36.2 Å². The fourth-order valence-electron chi connectivity index (χ4n) is 6.03. The lowest BCUT2D eigenvalue weighted by Gasteiger charge is -2.45. The summed E-state index contributed by atoms with van der Waals surface area (Å²) in [5.41, 5.74) is 2.76. The molecule has 0 saturated heterocycles. The minimum atomic E-state index is -0.0182. The molecular weight excluding hydrogens is 356 g/mol. The van der Waals surface area contributed by atoms with Crippen molar-refractivity contribution in [1.29, 1.82) is 0 Å². The molecule has 6 heteroatoms. The number of thioether (sulfide) groups is 1. The fraction of sp³-hybridized carbons (Fsp3) is 0.571. The van der Waals surface area contributed by atoms with Gasteiger partial charge in [0.1, 0.15) is 6.33 Å². The molecule has 4 aliphatic carbocycles. The predicted octanol–water partition coefficient (Wildman–Crippen LogP) is 4.89. The number of benzene rings is 1. The van der Waals surface area contributed by atoms with Gasteiger partial charge in [-0.15, -0.1) is 0 Å². The molecule has 2 N–H and O–H groups in total. The zero-order valence-electron chi connectivity index (χ0n) is 15.5. The number of aromatic amines is 1. The maximum Gasteiger partial charge on any atom is 0.234 e. The standard InChI is InChI=1S/C21H26N4OS.2H2/c26-19(12-27-20-22-13-23-25-20)24-18-3-1-17(2-4-18)21-6-5-14-7-15(10-21)9-16(8-14)11-21;;/h1-4,13-16H,5-12H2,(H,24,26)(H,22,23,25);2*1H. The summed E-state index contributed by atoms with van der Waals surface area (Å²) < 4.78 is 0. The number of carbonyl (C=O) groups excluding carboxylic acids is 1. The predicted molar refractivity (Wildman–Crippen MR) is 111 cm³/mol. The lowest BCUT2D eigenvalue weighted by Crippen LogP contribution is -2.37. The number of hydrogen-bond donors (Lipinski definition) is 2. The highest BCUT2D eigenvalue weighted by molar-refractivity contribution is 7.99. The van der Waals surface area contributed by atoms with E-state index in [1.807, 2.05) is 0 Å². The second-order valence-electron chi connectivity index (χ2n) is 8.74. The molecule has 27 heavy (non-hydrogen) atoms. The first-order chi connectivity index (χ1) is 13.2. The van der Waals surface area contributed by atoms with Gasteiger partial charge in [-0.2, -0.15) is 5.10 Å². The van der Waals surface area contributed by atoms with Crippen molar-refractivity contribution in [3.63, 3.8) is 0 Å². The van der Waals surface area contributed by atoms with E-state index in [2.05, 4.69) is 44.8 Å². The van der Waals surface area contributed by atoms with Crippen LogP contribution in [0.3, 0.4) is 0 Å². The Labute approximate surface area is 167 Å². The maximum absolute atomic E-state index is 12.2. The van der Waals surface area contributed by atoms with Gasteiger partial charge in [0, 0.05) is 8.54 Å². The molecule has 1 aromatic heterocycles. The molecule has 4 fully saturated rings. The number of fused-ring (bicyclic) bond motifs is 1. The molecule has 4 aliphatic rings. The molecule has 0 aliphatic heterocycles. The van der Waals surface area contributed by atoms with Crippen molar-refractivity contribution in [2.45, 2.75) is 55.5 Å². The Morgan fingerprint density at radius 1 is 1.19 bits per heavy atom. The molecular formula is C21H30N4OS. The maximum atomic E-state index is 12.2. The summed E-state index contributed by atoms with van der Waals surface area (Å²) in [7, 11) is 0. The van der Waals surface area contributed by atoms with Crippen LogP contribution in [0, 0.1) is 17.8 Å². The SMILES string of the molecule is O=C(CSc1ncn[nH]1)Nc1ccc(C23CCC4CC(CC(C4)C2)C3)cc1.[HH].[HH]. The molecule has 0 radical (unpaired) electrons. The van der Waals surface area contributed by atoms with Gasteiger partial charge in [0.2, 0.25) is 5.91 Å². The molecule has 2 aromatic rings.